The molecular weight excluding hydrogens is 228 g/mol. The van der Waals surface area contributed by atoms with E-state index in [0.29, 0.717) is 25.4 Å². The van der Waals surface area contributed by atoms with Gasteiger partial charge in [-0.25, -0.2) is 0 Å². The van der Waals surface area contributed by atoms with Crippen LogP contribution < -0.4 is 5.73 Å². The molecule has 0 radical (unpaired) electrons. The molecule has 0 spiro atoms. The minimum atomic E-state index is -0.259. The fourth-order valence-corrected chi connectivity index (χ4v) is 4.20. The number of likely N-dealkylation sites (tertiary alicyclic amines) is 1. The van der Waals surface area contributed by atoms with Crippen LogP contribution in [0.15, 0.2) is 0 Å². The molecule has 4 atom stereocenters. The molecule has 2 aliphatic carbocycles. The van der Waals surface area contributed by atoms with Crippen molar-refractivity contribution in [1.29, 1.82) is 0 Å². The first-order valence-corrected chi connectivity index (χ1v) is 7.20. The van der Waals surface area contributed by atoms with Gasteiger partial charge in [0.2, 0.25) is 11.8 Å². The fourth-order valence-electron chi connectivity index (χ4n) is 4.20. The molecule has 3 rings (SSSR count). The maximum atomic E-state index is 12.2. The van der Waals surface area contributed by atoms with Crippen molar-refractivity contribution in [2.75, 3.05) is 13.1 Å². The second-order valence-corrected chi connectivity index (χ2v) is 6.37. The third-order valence-corrected chi connectivity index (χ3v) is 5.26. The first kappa shape index (κ1) is 12.0. The van der Waals surface area contributed by atoms with Crippen LogP contribution in [0.3, 0.4) is 0 Å². The molecule has 1 aliphatic heterocycles. The lowest BCUT2D eigenvalue weighted by Crippen LogP contribution is -2.33. The molecule has 2 amide bonds. The Kier molecular flexibility index (Phi) is 3.04. The van der Waals surface area contributed by atoms with Gasteiger partial charge in [0, 0.05) is 19.5 Å². The van der Waals surface area contributed by atoms with Gasteiger partial charge in [0.15, 0.2) is 0 Å². The summed E-state index contributed by atoms with van der Waals surface area (Å²) in [5, 5.41) is 0. The molecule has 0 aromatic heterocycles. The second kappa shape index (κ2) is 4.56. The van der Waals surface area contributed by atoms with Crippen molar-refractivity contribution in [3.05, 3.63) is 0 Å². The van der Waals surface area contributed by atoms with Crippen molar-refractivity contribution in [1.82, 2.24) is 4.90 Å². The SMILES string of the molecule is NC(=O)C1CCN(C(=O)CC2CC3CCC2C3)C1. The van der Waals surface area contributed by atoms with Crippen LogP contribution in [-0.2, 0) is 9.59 Å². The molecule has 100 valence electrons. The van der Waals surface area contributed by atoms with E-state index in [-0.39, 0.29) is 17.7 Å². The van der Waals surface area contributed by atoms with E-state index in [1.165, 1.54) is 25.7 Å². The Labute approximate surface area is 108 Å². The number of rotatable bonds is 3. The average Bonchev–Trinajstić information content (AvgIpc) is 3.04. The molecule has 4 heteroatoms. The van der Waals surface area contributed by atoms with Crippen LogP contribution in [0.25, 0.3) is 0 Å². The highest BCUT2D eigenvalue weighted by Gasteiger charge is 2.41. The number of primary amides is 1. The molecular formula is C14H22N2O2. The lowest BCUT2D eigenvalue weighted by molar-refractivity contribution is -0.131. The number of amides is 2. The van der Waals surface area contributed by atoms with E-state index in [1.807, 2.05) is 4.90 Å². The predicted molar refractivity (Wildman–Crippen MR) is 67.4 cm³/mol. The van der Waals surface area contributed by atoms with E-state index in [2.05, 4.69) is 0 Å². The van der Waals surface area contributed by atoms with Crippen molar-refractivity contribution in [2.45, 2.75) is 38.5 Å². The molecule has 2 bridgehead atoms. The Morgan fingerprint density at radius 1 is 1.17 bits per heavy atom. The predicted octanol–water partition coefficient (Wildman–Crippen LogP) is 1.15. The molecule has 1 heterocycles. The number of nitrogens with two attached hydrogens (primary N) is 1. The zero-order chi connectivity index (χ0) is 12.7. The van der Waals surface area contributed by atoms with Gasteiger partial charge in [0.05, 0.1) is 5.92 Å². The second-order valence-electron chi connectivity index (χ2n) is 6.37. The van der Waals surface area contributed by atoms with E-state index in [4.69, 9.17) is 5.73 Å². The zero-order valence-electron chi connectivity index (χ0n) is 10.8. The standard InChI is InChI=1S/C14H22N2O2/c15-14(18)11-3-4-16(8-11)13(17)7-12-6-9-1-2-10(12)5-9/h9-12H,1-8H2,(H2,15,18). The number of carbonyl (C=O) groups excluding carboxylic acids is 2. The van der Waals surface area contributed by atoms with E-state index in [1.54, 1.807) is 0 Å². The summed E-state index contributed by atoms with van der Waals surface area (Å²) in [5.74, 6) is 2.18. The van der Waals surface area contributed by atoms with Gasteiger partial charge in [-0.1, -0.05) is 6.42 Å². The van der Waals surface area contributed by atoms with Crippen LogP contribution in [0.2, 0.25) is 0 Å². The van der Waals surface area contributed by atoms with Crippen molar-refractivity contribution in [2.24, 2.45) is 29.4 Å². The van der Waals surface area contributed by atoms with Gasteiger partial charge in [-0.15, -0.1) is 0 Å². The van der Waals surface area contributed by atoms with E-state index in [9.17, 15) is 9.59 Å². The first-order chi connectivity index (χ1) is 8.63. The molecule has 3 fully saturated rings. The molecule has 1 saturated heterocycles. The lowest BCUT2D eigenvalue weighted by atomic mass is 9.86. The van der Waals surface area contributed by atoms with Gasteiger partial charge < -0.3 is 10.6 Å². The minimum Gasteiger partial charge on any atom is -0.369 e. The van der Waals surface area contributed by atoms with Crippen molar-refractivity contribution >= 4 is 11.8 Å². The Bertz CT molecular complexity index is 369. The third-order valence-electron chi connectivity index (χ3n) is 5.26. The highest BCUT2D eigenvalue weighted by atomic mass is 16.2. The minimum absolute atomic E-state index is 0.117. The monoisotopic (exact) mass is 250 g/mol. The quantitative estimate of drug-likeness (QED) is 0.816. The summed E-state index contributed by atoms with van der Waals surface area (Å²) in [6.07, 6.45) is 6.76. The summed E-state index contributed by atoms with van der Waals surface area (Å²) in [6, 6.07) is 0. The third kappa shape index (κ3) is 2.13. The summed E-state index contributed by atoms with van der Waals surface area (Å²) in [4.78, 5) is 25.2. The van der Waals surface area contributed by atoms with E-state index < -0.39 is 0 Å². The number of hydrogen-bond donors (Lipinski definition) is 1. The number of carbonyl (C=O) groups is 2. The molecule has 2 saturated carbocycles. The van der Waals surface area contributed by atoms with E-state index in [0.717, 1.165) is 18.3 Å². The lowest BCUT2D eigenvalue weighted by Gasteiger charge is -2.24. The maximum absolute atomic E-state index is 12.2. The van der Waals surface area contributed by atoms with Gasteiger partial charge in [0.1, 0.15) is 0 Å². The average molecular weight is 250 g/mol. The summed E-state index contributed by atoms with van der Waals surface area (Å²) in [5.41, 5.74) is 5.30. The summed E-state index contributed by atoms with van der Waals surface area (Å²) >= 11 is 0. The molecule has 4 nitrogen and oxygen atoms in total. The Morgan fingerprint density at radius 3 is 2.56 bits per heavy atom. The fraction of sp³-hybridized carbons (Fsp3) is 0.857. The van der Waals surface area contributed by atoms with Crippen molar-refractivity contribution in [3.63, 3.8) is 0 Å². The zero-order valence-corrected chi connectivity index (χ0v) is 10.8. The van der Waals surface area contributed by atoms with Crippen LogP contribution in [-0.4, -0.2) is 29.8 Å². The molecule has 18 heavy (non-hydrogen) atoms. The van der Waals surface area contributed by atoms with Crippen LogP contribution >= 0.6 is 0 Å². The topological polar surface area (TPSA) is 63.4 Å². The molecule has 4 unspecified atom stereocenters. The highest BCUT2D eigenvalue weighted by molar-refractivity contribution is 5.81. The van der Waals surface area contributed by atoms with Crippen molar-refractivity contribution in [3.8, 4) is 0 Å². The summed E-state index contributed by atoms with van der Waals surface area (Å²) in [7, 11) is 0. The normalized spacial score (nSPS) is 38.3. The smallest absolute Gasteiger partial charge is 0.222 e. The van der Waals surface area contributed by atoms with Gasteiger partial charge in [-0.2, -0.15) is 0 Å². The summed E-state index contributed by atoms with van der Waals surface area (Å²) < 4.78 is 0. The van der Waals surface area contributed by atoms with E-state index >= 15 is 0 Å². The van der Waals surface area contributed by atoms with Crippen LogP contribution in [0.5, 0.6) is 0 Å². The largest absolute Gasteiger partial charge is 0.369 e. The number of nitrogens with zero attached hydrogens (tertiary/aromatic N) is 1. The molecule has 0 aromatic rings. The van der Waals surface area contributed by atoms with Crippen LogP contribution in [0.4, 0.5) is 0 Å². The summed E-state index contributed by atoms with van der Waals surface area (Å²) in [6.45, 7) is 1.27. The molecule has 2 N–H and O–H groups in total. The van der Waals surface area contributed by atoms with Gasteiger partial charge in [-0.3, -0.25) is 9.59 Å². The molecule has 3 aliphatic rings. The first-order valence-electron chi connectivity index (χ1n) is 7.20. The Balaban J connectivity index is 1.52. The highest BCUT2D eigenvalue weighted by Crippen LogP contribution is 2.49. The van der Waals surface area contributed by atoms with Gasteiger partial charge >= 0.3 is 0 Å². The Morgan fingerprint density at radius 2 is 2.00 bits per heavy atom. The van der Waals surface area contributed by atoms with Gasteiger partial charge in [-0.05, 0) is 43.4 Å². The number of hydrogen-bond acceptors (Lipinski definition) is 2. The Hall–Kier alpha value is -1.06. The van der Waals surface area contributed by atoms with Crippen LogP contribution in [0.1, 0.15) is 38.5 Å². The molecule has 0 aromatic carbocycles. The maximum Gasteiger partial charge on any atom is 0.222 e. The number of fused-ring (bicyclic) bond motifs is 2. The van der Waals surface area contributed by atoms with Crippen LogP contribution in [0, 0.1) is 23.7 Å². The van der Waals surface area contributed by atoms with Gasteiger partial charge in [0.25, 0.3) is 0 Å². The van der Waals surface area contributed by atoms with Crippen molar-refractivity contribution < 1.29 is 9.59 Å².